The summed E-state index contributed by atoms with van der Waals surface area (Å²) in [6.45, 7) is 2.02. The van der Waals surface area contributed by atoms with Gasteiger partial charge < -0.3 is 0 Å². The molecule has 2 nitrogen and oxygen atoms in total. The van der Waals surface area contributed by atoms with Gasteiger partial charge in [0.1, 0.15) is 5.69 Å². The first kappa shape index (κ1) is 12.8. The van der Waals surface area contributed by atoms with Crippen molar-refractivity contribution >= 4 is 17.4 Å². The van der Waals surface area contributed by atoms with Gasteiger partial charge in [0.05, 0.1) is 0 Å². The molecule has 0 saturated heterocycles. The largest absolute Gasteiger partial charge is 0.292 e. The number of pyridine rings is 1. The zero-order valence-corrected chi connectivity index (χ0v) is 10.9. The first-order valence-electron chi connectivity index (χ1n) is 5.93. The molecule has 3 heteroatoms. The lowest BCUT2D eigenvalue weighted by molar-refractivity contribution is 0.0987. The van der Waals surface area contributed by atoms with Gasteiger partial charge in [-0.25, -0.2) is 0 Å². The Bertz CT molecular complexity index is 566. The van der Waals surface area contributed by atoms with Crippen LogP contribution < -0.4 is 0 Å². The number of nitrogens with zero attached hydrogens (tertiary/aromatic N) is 1. The van der Waals surface area contributed by atoms with Crippen LogP contribution in [-0.4, -0.2) is 10.8 Å². The summed E-state index contributed by atoms with van der Waals surface area (Å²) in [4.78, 5) is 16.4. The van der Waals surface area contributed by atoms with E-state index in [0.29, 0.717) is 17.1 Å². The zero-order valence-electron chi connectivity index (χ0n) is 10.2. The standard InChI is InChI=1S/C15H14ClNO/c1-2-11-7-5-9-17-15(11)14(18)10-12-6-3-4-8-13(12)16/h3-9H,2,10H2,1H3. The van der Waals surface area contributed by atoms with E-state index in [2.05, 4.69) is 4.98 Å². The Balaban J connectivity index is 2.25. The number of ketones is 1. The van der Waals surface area contributed by atoms with Gasteiger partial charge in [0, 0.05) is 17.6 Å². The Morgan fingerprint density at radius 2 is 1.89 bits per heavy atom. The summed E-state index contributed by atoms with van der Waals surface area (Å²) in [5.41, 5.74) is 2.38. The SMILES string of the molecule is CCc1cccnc1C(=O)Cc1ccccc1Cl. The van der Waals surface area contributed by atoms with Crippen molar-refractivity contribution in [1.82, 2.24) is 4.98 Å². The van der Waals surface area contributed by atoms with Crippen LogP contribution in [-0.2, 0) is 12.8 Å². The van der Waals surface area contributed by atoms with Crippen molar-refractivity contribution in [1.29, 1.82) is 0 Å². The van der Waals surface area contributed by atoms with Crippen LogP contribution in [0.25, 0.3) is 0 Å². The molecule has 1 heterocycles. The second-order valence-corrected chi connectivity index (χ2v) is 4.46. The third kappa shape index (κ3) is 2.77. The highest BCUT2D eigenvalue weighted by atomic mass is 35.5. The first-order chi connectivity index (χ1) is 8.72. The summed E-state index contributed by atoms with van der Waals surface area (Å²) in [5.74, 6) is 0.0144. The Hall–Kier alpha value is -1.67. The van der Waals surface area contributed by atoms with E-state index >= 15 is 0 Å². The molecule has 0 aliphatic heterocycles. The number of aromatic nitrogens is 1. The normalized spacial score (nSPS) is 10.3. The van der Waals surface area contributed by atoms with E-state index in [0.717, 1.165) is 17.5 Å². The number of carbonyl (C=O) groups excluding carboxylic acids is 1. The summed E-state index contributed by atoms with van der Waals surface area (Å²) in [6.07, 6.45) is 2.75. The number of Topliss-reactive ketones (excluding diaryl/α,β-unsaturated/α-hetero) is 1. The van der Waals surface area contributed by atoms with Gasteiger partial charge in [0.2, 0.25) is 0 Å². The van der Waals surface area contributed by atoms with Crippen LogP contribution in [0.3, 0.4) is 0 Å². The molecule has 0 amide bonds. The van der Waals surface area contributed by atoms with Crippen LogP contribution in [0.15, 0.2) is 42.6 Å². The van der Waals surface area contributed by atoms with E-state index in [1.54, 1.807) is 12.3 Å². The van der Waals surface area contributed by atoms with E-state index < -0.39 is 0 Å². The number of rotatable bonds is 4. The van der Waals surface area contributed by atoms with Crippen molar-refractivity contribution in [2.45, 2.75) is 19.8 Å². The minimum Gasteiger partial charge on any atom is -0.292 e. The summed E-state index contributed by atoms with van der Waals surface area (Å²) < 4.78 is 0. The third-order valence-electron chi connectivity index (χ3n) is 2.85. The fourth-order valence-electron chi connectivity index (χ4n) is 1.87. The van der Waals surface area contributed by atoms with Crippen molar-refractivity contribution < 1.29 is 4.79 Å². The molecule has 0 unspecified atom stereocenters. The van der Waals surface area contributed by atoms with E-state index in [-0.39, 0.29) is 5.78 Å². The van der Waals surface area contributed by atoms with Gasteiger partial charge in [0.25, 0.3) is 0 Å². The van der Waals surface area contributed by atoms with Crippen LogP contribution in [0.1, 0.15) is 28.5 Å². The molecule has 0 fully saturated rings. The molecule has 0 aliphatic rings. The van der Waals surface area contributed by atoms with E-state index in [4.69, 9.17) is 11.6 Å². The number of benzene rings is 1. The number of hydrogen-bond donors (Lipinski definition) is 0. The molecule has 0 radical (unpaired) electrons. The molecular formula is C15H14ClNO. The summed E-state index contributed by atoms with van der Waals surface area (Å²) >= 11 is 6.06. The molecule has 0 saturated carbocycles. The second-order valence-electron chi connectivity index (χ2n) is 4.06. The summed E-state index contributed by atoms with van der Waals surface area (Å²) in [7, 11) is 0. The lowest BCUT2D eigenvalue weighted by Gasteiger charge is -2.06. The molecule has 0 bridgehead atoms. The zero-order chi connectivity index (χ0) is 13.0. The topological polar surface area (TPSA) is 30.0 Å². The van der Waals surface area contributed by atoms with E-state index in [1.165, 1.54) is 0 Å². The minimum atomic E-state index is 0.0144. The predicted molar refractivity (Wildman–Crippen MR) is 73.1 cm³/mol. The Kier molecular flexibility index (Phi) is 4.11. The molecule has 1 aromatic heterocycles. The van der Waals surface area contributed by atoms with Gasteiger partial charge in [-0.05, 0) is 29.7 Å². The lowest BCUT2D eigenvalue weighted by atomic mass is 10.0. The van der Waals surface area contributed by atoms with Gasteiger partial charge in [-0.2, -0.15) is 0 Å². The molecule has 2 rings (SSSR count). The minimum absolute atomic E-state index is 0.0144. The number of halogens is 1. The van der Waals surface area contributed by atoms with Crippen LogP contribution in [0.4, 0.5) is 0 Å². The first-order valence-corrected chi connectivity index (χ1v) is 6.30. The molecule has 0 N–H and O–H groups in total. The quantitative estimate of drug-likeness (QED) is 0.784. The summed E-state index contributed by atoms with van der Waals surface area (Å²) in [6, 6.07) is 11.2. The number of hydrogen-bond acceptors (Lipinski definition) is 2. The van der Waals surface area contributed by atoms with E-state index in [9.17, 15) is 4.79 Å². The maximum absolute atomic E-state index is 12.2. The molecule has 92 valence electrons. The van der Waals surface area contributed by atoms with Crippen LogP contribution in [0.2, 0.25) is 5.02 Å². The Morgan fingerprint density at radius 1 is 1.17 bits per heavy atom. The monoisotopic (exact) mass is 259 g/mol. The number of carbonyl (C=O) groups is 1. The number of aryl methyl sites for hydroxylation is 1. The average molecular weight is 260 g/mol. The molecule has 0 spiro atoms. The van der Waals surface area contributed by atoms with Crippen molar-refractivity contribution in [3.05, 3.63) is 64.4 Å². The molecule has 1 aromatic carbocycles. The van der Waals surface area contributed by atoms with E-state index in [1.807, 2.05) is 37.3 Å². The second kappa shape index (κ2) is 5.78. The van der Waals surface area contributed by atoms with Crippen LogP contribution in [0, 0.1) is 0 Å². The maximum Gasteiger partial charge on any atom is 0.185 e. The fraction of sp³-hybridized carbons (Fsp3) is 0.200. The fourth-order valence-corrected chi connectivity index (χ4v) is 2.08. The maximum atomic E-state index is 12.2. The van der Waals surface area contributed by atoms with Crippen molar-refractivity contribution in [2.75, 3.05) is 0 Å². The average Bonchev–Trinajstić information content (AvgIpc) is 2.41. The van der Waals surface area contributed by atoms with Gasteiger partial charge >= 0.3 is 0 Å². The third-order valence-corrected chi connectivity index (χ3v) is 3.21. The molecule has 2 aromatic rings. The molecule has 0 atom stereocenters. The lowest BCUT2D eigenvalue weighted by Crippen LogP contribution is -2.09. The highest BCUT2D eigenvalue weighted by molar-refractivity contribution is 6.31. The van der Waals surface area contributed by atoms with Gasteiger partial charge in [-0.15, -0.1) is 0 Å². The summed E-state index contributed by atoms with van der Waals surface area (Å²) in [5, 5.41) is 0.625. The van der Waals surface area contributed by atoms with Gasteiger partial charge in [-0.3, -0.25) is 9.78 Å². The highest BCUT2D eigenvalue weighted by Gasteiger charge is 2.13. The van der Waals surface area contributed by atoms with Crippen LogP contribution in [0.5, 0.6) is 0 Å². The molecule has 0 aliphatic carbocycles. The highest BCUT2D eigenvalue weighted by Crippen LogP contribution is 2.18. The Morgan fingerprint density at radius 3 is 2.61 bits per heavy atom. The van der Waals surface area contributed by atoms with Crippen molar-refractivity contribution in [3.8, 4) is 0 Å². The predicted octanol–water partition coefficient (Wildman–Crippen LogP) is 3.72. The van der Waals surface area contributed by atoms with Crippen molar-refractivity contribution in [2.24, 2.45) is 0 Å². The smallest absolute Gasteiger partial charge is 0.185 e. The van der Waals surface area contributed by atoms with Gasteiger partial charge in [0.15, 0.2) is 5.78 Å². The molecule has 18 heavy (non-hydrogen) atoms. The molecular weight excluding hydrogens is 246 g/mol. The Labute approximate surface area is 112 Å². The van der Waals surface area contributed by atoms with Crippen LogP contribution >= 0.6 is 11.6 Å². The van der Waals surface area contributed by atoms with Crippen molar-refractivity contribution in [3.63, 3.8) is 0 Å². The van der Waals surface area contributed by atoms with Gasteiger partial charge in [-0.1, -0.05) is 42.8 Å².